The smallest absolute Gasteiger partial charge is 0.130 e. The maximum Gasteiger partial charge on any atom is 0.130 e. The summed E-state index contributed by atoms with van der Waals surface area (Å²) in [4.78, 5) is 2.53. The number of benzene rings is 4. The topological polar surface area (TPSA) is 15.3 Å². The zero-order chi connectivity index (χ0) is 22.9. The molecular formula is C31H32N2. The van der Waals surface area contributed by atoms with Crippen LogP contribution in [-0.4, -0.2) is 0 Å². The number of hydrogen-bond donors (Lipinski definition) is 1. The molecule has 1 heterocycles. The van der Waals surface area contributed by atoms with Gasteiger partial charge in [-0.2, -0.15) is 0 Å². The van der Waals surface area contributed by atoms with Crippen molar-refractivity contribution in [1.82, 2.24) is 0 Å². The average Bonchev–Trinajstić information content (AvgIpc) is 3.23. The third-order valence-corrected chi connectivity index (χ3v) is 6.59. The van der Waals surface area contributed by atoms with E-state index in [0.29, 0.717) is 11.8 Å². The molecule has 0 saturated carbocycles. The summed E-state index contributed by atoms with van der Waals surface area (Å²) in [5.74, 6) is 0.788. The Hall–Kier alpha value is -3.52. The Labute approximate surface area is 197 Å². The van der Waals surface area contributed by atoms with Gasteiger partial charge in [-0.1, -0.05) is 100 Å². The first-order chi connectivity index (χ1) is 16.0. The highest BCUT2D eigenvalue weighted by Gasteiger charge is 2.34. The van der Waals surface area contributed by atoms with Gasteiger partial charge in [0.1, 0.15) is 6.17 Å². The number of nitrogens with one attached hydrogen (secondary N) is 1. The fraction of sp³-hybridized carbons (Fsp3) is 0.226. The molecule has 0 aliphatic carbocycles. The summed E-state index contributed by atoms with van der Waals surface area (Å²) in [5.41, 5.74) is 10.4. The third kappa shape index (κ3) is 3.91. The van der Waals surface area contributed by atoms with E-state index >= 15 is 0 Å². The Kier molecular flexibility index (Phi) is 5.68. The molecule has 1 N–H and O–H groups in total. The van der Waals surface area contributed by atoms with Gasteiger partial charge in [-0.15, -0.1) is 0 Å². The van der Waals surface area contributed by atoms with Crippen LogP contribution in [0.25, 0.3) is 11.1 Å². The molecule has 0 fully saturated rings. The predicted octanol–water partition coefficient (Wildman–Crippen LogP) is 8.86. The molecule has 1 aliphatic heterocycles. The quantitative estimate of drug-likeness (QED) is 0.339. The molecule has 0 amide bonds. The number of nitrogens with zero attached hydrogens (tertiary/aromatic N) is 1. The lowest BCUT2D eigenvalue weighted by Gasteiger charge is -2.34. The van der Waals surface area contributed by atoms with Crippen molar-refractivity contribution in [2.75, 3.05) is 10.2 Å². The highest BCUT2D eigenvalue weighted by molar-refractivity contribution is 5.87. The van der Waals surface area contributed by atoms with Crippen molar-refractivity contribution in [2.45, 2.75) is 45.7 Å². The second-order valence-corrected chi connectivity index (χ2v) is 9.52. The summed E-state index contributed by atoms with van der Waals surface area (Å²) in [6, 6.07) is 35.0. The molecule has 1 unspecified atom stereocenters. The maximum absolute atomic E-state index is 3.80. The van der Waals surface area contributed by atoms with E-state index in [1.807, 2.05) is 0 Å². The van der Waals surface area contributed by atoms with Crippen LogP contribution in [-0.2, 0) is 0 Å². The number of rotatable bonds is 5. The number of anilines is 3. The standard InChI is InChI=1S/C31H32N2/c1-21(2)26-19-25(23-13-7-5-8-14-23)20-27(22(3)4)30(26)33-29-18-12-11-17-28(29)32-31(33)24-15-9-6-10-16-24/h5-22,31-32H,1-4H3. The van der Waals surface area contributed by atoms with Crippen LogP contribution in [0.1, 0.15) is 62.4 Å². The third-order valence-electron chi connectivity index (χ3n) is 6.59. The zero-order valence-electron chi connectivity index (χ0n) is 19.9. The average molecular weight is 433 g/mol. The van der Waals surface area contributed by atoms with Gasteiger partial charge in [-0.3, -0.25) is 0 Å². The molecule has 0 spiro atoms. The van der Waals surface area contributed by atoms with Crippen LogP contribution < -0.4 is 10.2 Å². The normalized spacial score (nSPS) is 15.1. The molecule has 166 valence electrons. The SMILES string of the molecule is CC(C)c1cc(-c2ccccc2)cc(C(C)C)c1N1c2ccccc2NC1c1ccccc1. The Morgan fingerprint density at radius 1 is 0.636 bits per heavy atom. The minimum atomic E-state index is 0.0566. The molecule has 0 aromatic heterocycles. The molecule has 33 heavy (non-hydrogen) atoms. The van der Waals surface area contributed by atoms with Crippen LogP contribution >= 0.6 is 0 Å². The van der Waals surface area contributed by atoms with Crippen LogP contribution in [0.4, 0.5) is 17.1 Å². The Bertz CT molecular complexity index is 1210. The number of hydrogen-bond acceptors (Lipinski definition) is 2. The second-order valence-electron chi connectivity index (χ2n) is 9.52. The van der Waals surface area contributed by atoms with Crippen LogP contribution in [0.15, 0.2) is 97.1 Å². The molecule has 0 bridgehead atoms. The molecule has 2 heteroatoms. The van der Waals surface area contributed by atoms with E-state index in [4.69, 9.17) is 0 Å². The molecule has 1 atom stereocenters. The highest BCUT2D eigenvalue weighted by Crippen LogP contribution is 2.51. The Balaban J connectivity index is 1.77. The van der Waals surface area contributed by atoms with Crippen molar-refractivity contribution in [3.63, 3.8) is 0 Å². The van der Waals surface area contributed by atoms with Gasteiger partial charge in [0, 0.05) is 0 Å². The first-order valence-electron chi connectivity index (χ1n) is 12.0. The van der Waals surface area contributed by atoms with Crippen molar-refractivity contribution >= 4 is 17.1 Å². The molecule has 1 aliphatic rings. The van der Waals surface area contributed by atoms with Gasteiger partial charge >= 0.3 is 0 Å². The van der Waals surface area contributed by atoms with Gasteiger partial charge < -0.3 is 10.2 Å². The van der Waals surface area contributed by atoms with Gasteiger partial charge in [0.15, 0.2) is 0 Å². The minimum Gasteiger partial charge on any atom is -0.359 e. The van der Waals surface area contributed by atoms with E-state index in [-0.39, 0.29) is 6.17 Å². The summed E-state index contributed by atoms with van der Waals surface area (Å²) in [7, 11) is 0. The predicted molar refractivity (Wildman–Crippen MR) is 141 cm³/mol. The van der Waals surface area contributed by atoms with E-state index in [1.165, 1.54) is 44.9 Å². The summed E-state index contributed by atoms with van der Waals surface area (Å²) >= 11 is 0. The summed E-state index contributed by atoms with van der Waals surface area (Å²) in [5, 5.41) is 3.80. The van der Waals surface area contributed by atoms with Crippen molar-refractivity contribution in [3.05, 3.63) is 114 Å². The lowest BCUT2D eigenvalue weighted by atomic mass is 9.87. The summed E-state index contributed by atoms with van der Waals surface area (Å²) in [6.07, 6.45) is 0.0566. The number of fused-ring (bicyclic) bond motifs is 1. The fourth-order valence-electron chi connectivity index (χ4n) is 4.91. The van der Waals surface area contributed by atoms with Gasteiger partial charge in [0.2, 0.25) is 0 Å². The zero-order valence-corrected chi connectivity index (χ0v) is 19.9. The van der Waals surface area contributed by atoms with Crippen LogP contribution in [0.5, 0.6) is 0 Å². The largest absolute Gasteiger partial charge is 0.359 e. The first kappa shape index (κ1) is 21.3. The Morgan fingerprint density at radius 3 is 1.79 bits per heavy atom. The monoisotopic (exact) mass is 432 g/mol. The molecule has 0 radical (unpaired) electrons. The van der Waals surface area contributed by atoms with Gasteiger partial charge in [0.05, 0.1) is 17.1 Å². The van der Waals surface area contributed by atoms with Crippen molar-refractivity contribution < 1.29 is 0 Å². The van der Waals surface area contributed by atoms with E-state index in [0.717, 1.165) is 0 Å². The van der Waals surface area contributed by atoms with Crippen LogP contribution in [0.2, 0.25) is 0 Å². The second kappa shape index (κ2) is 8.78. The maximum atomic E-state index is 3.80. The lowest BCUT2D eigenvalue weighted by molar-refractivity contribution is 0.776. The molecule has 4 aromatic rings. The van der Waals surface area contributed by atoms with Crippen molar-refractivity contribution in [2.24, 2.45) is 0 Å². The van der Waals surface area contributed by atoms with E-state index in [9.17, 15) is 0 Å². The van der Waals surface area contributed by atoms with Crippen LogP contribution in [0.3, 0.4) is 0 Å². The highest BCUT2D eigenvalue weighted by atomic mass is 15.3. The van der Waals surface area contributed by atoms with E-state index < -0.39 is 0 Å². The minimum absolute atomic E-state index is 0.0566. The molecule has 5 rings (SSSR count). The summed E-state index contributed by atoms with van der Waals surface area (Å²) in [6.45, 7) is 9.24. The van der Waals surface area contributed by atoms with E-state index in [1.54, 1.807) is 0 Å². The van der Waals surface area contributed by atoms with Gasteiger partial charge in [-0.25, -0.2) is 0 Å². The number of para-hydroxylation sites is 2. The first-order valence-corrected chi connectivity index (χ1v) is 12.0. The van der Waals surface area contributed by atoms with E-state index in [2.05, 4.69) is 135 Å². The molecular weight excluding hydrogens is 400 g/mol. The van der Waals surface area contributed by atoms with Crippen LogP contribution in [0, 0.1) is 0 Å². The molecule has 4 aromatic carbocycles. The lowest BCUT2D eigenvalue weighted by Crippen LogP contribution is -2.26. The fourth-order valence-corrected chi connectivity index (χ4v) is 4.91. The Morgan fingerprint density at radius 2 is 1.18 bits per heavy atom. The molecule has 0 saturated heterocycles. The van der Waals surface area contributed by atoms with Gasteiger partial charge in [-0.05, 0) is 63.9 Å². The van der Waals surface area contributed by atoms with Crippen molar-refractivity contribution in [1.29, 1.82) is 0 Å². The summed E-state index contributed by atoms with van der Waals surface area (Å²) < 4.78 is 0. The van der Waals surface area contributed by atoms with Gasteiger partial charge in [0.25, 0.3) is 0 Å². The van der Waals surface area contributed by atoms with Crippen molar-refractivity contribution in [3.8, 4) is 11.1 Å². The molecule has 2 nitrogen and oxygen atoms in total.